The average Bonchev–Trinajstić information content (AvgIpc) is 2.93. The van der Waals surface area contributed by atoms with Crippen molar-refractivity contribution >= 4 is 29.1 Å². The van der Waals surface area contributed by atoms with E-state index in [0.717, 1.165) is 22.8 Å². The molecule has 1 aliphatic heterocycles. The fourth-order valence-corrected chi connectivity index (χ4v) is 3.32. The van der Waals surface area contributed by atoms with Gasteiger partial charge in [0.25, 0.3) is 5.69 Å². The van der Waals surface area contributed by atoms with Gasteiger partial charge in [-0.1, -0.05) is 17.7 Å². The number of rotatable bonds is 2. The molecule has 0 radical (unpaired) electrons. The lowest BCUT2D eigenvalue weighted by Crippen LogP contribution is -1.99. The van der Waals surface area contributed by atoms with Crippen LogP contribution in [0.15, 0.2) is 24.3 Å². The molecule has 7 heteroatoms. The molecular weight excluding hydrogens is 274 g/mol. The topological polar surface area (TPSA) is 61.0 Å². The number of aromatic nitrogens is 2. The Morgan fingerprint density at radius 1 is 1.44 bits per heavy atom. The molecule has 0 unspecified atom stereocenters. The minimum absolute atomic E-state index is 0.0357. The van der Waals surface area contributed by atoms with Gasteiger partial charge in [0.1, 0.15) is 5.15 Å². The van der Waals surface area contributed by atoms with Gasteiger partial charge in [-0.25, -0.2) is 4.68 Å². The maximum absolute atomic E-state index is 10.7. The fourth-order valence-electron chi connectivity index (χ4n) is 1.89. The molecule has 1 aliphatic rings. The summed E-state index contributed by atoms with van der Waals surface area (Å²) in [5.41, 5.74) is 2.66. The number of nitro benzene ring substituents is 1. The highest BCUT2D eigenvalue weighted by molar-refractivity contribution is 7.98. The molecule has 0 bridgehead atoms. The van der Waals surface area contributed by atoms with Crippen LogP contribution < -0.4 is 0 Å². The normalized spacial score (nSPS) is 13.6. The van der Waals surface area contributed by atoms with Crippen molar-refractivity contribution in [3.8, 4) is 5.69 Å². The molecule has 1 aromatic heterocycles. The maximum Gasteiger partial charge on any atom is 0.271 e. The third kappa shape index (κ3) is 1.77. The zero-order chi connectivity index (χ0) is 12.7. The molecule has 0 saturated carbocycles. The van der Waals surface area contributed by atoms with Crippen LogP contribution in [0.4, 0.5) is 5.69 Å². The first-order valence-corrected chi connectivity index (χ1v) is 6.79. The van der Waals surface area contributed by atoms with Crippen molar-refractivity contribution in [2.24, 2.45) is 0 Å². The number of hydrogen-bond acceptors (Lipinski definition) is 4. The summed E-state index contributed by atoms with van der Waals surface area (Å²) < 4.78 is 1.57. The third-order valence-corrected chi connectivity index (χ3v) is 4.13. The first-order chi connectivity index (χ1) is 8.66. The summed E-state index contributed by atoms with van der Waals surface area (Å²) in [5.74, 6) is 1.69. The van der Waals surface area contributed by atoms with Gasteiger partial charge in [-0.05, 0) is 6.07 Å². The van der Waals surface area contributed by atoms with Crippen LogP contribution in [0.2, 0.25) is 5.15 Å². The average molecular weight is 282 g/mol. The van der Waals surface area contributed by atoms with Gasteiger partial charge in [0.05, 0.1) is 16.3 Å². The molecule has 3 rings (SSSR count). The quantitative estimate of drug-likeness (QED) is 0.626. The lowest BCUT2D eigenvalue weighted by atomic mass is 10.3. The van der Waals surface area contributed by atoms with Gasteiger partial charge < -0.3 is 0 Å². The van der Waals surface area contributed by atoms with Gasteiger partial charge in [0, 0.05) is 29.2 Å². The van der Waals surface area contributed by atoms with Crippen molar-refractivity contribution in [2.75, 3.05) is 0 Å². The summed E-state index contributed by atoms with van der Waals surface area (Å²) >= 11 is 8.02. The fraction of sp³-hybridized carbons (Fsp3) is 0.182. The van der Waals surface area contributed by atoms with Crippen molar-refractivity contribution in [3.63, 3.8) is 0 Å². The van der Waals surface area contributed by atoms with Gasteiger partial charge in [0.15, 0.2) is 0 Å². The molecule has 1 aromatic carbocycles. The number of halogens is 1. The second kappa shape index (κ2) is 4.29. The molecule has 2 aromatic rings. The van der Waals surface area contributed by atoms with E-state index in [9.17, 15) is 10.1 Å². The second-order valence-electron chi connectivity index (χ2n) is 3.90. The number of hydrogen-bond donors (Lipinski definition) is 0. The van der Waals surface area contributed by atoms with Crippen molar-refractivity contribution in [3.05, 3.63) is 50.8 Å². The summed E-state index contributed by atoms with van der Waals surface area (Å²) in [4.78, 5) is 10.3. The van der Waals surface area contributed by atoms with Gasteiger partial charge in [0.2, 0.25) is 0 Å². The van der Waals surface area contributed by atoms with E-state index < -0.39 is 4.92 Å². The van der Waals surface area contributed by atoms with Crippen LogP contribution in [0.1, 0.15) is 11.3 Å². The molecule has 18 heavy (non-hydrogen) atoms. The predicted octanol–water partition coefficient (Wildman–Crippen LogP) is 3.18. The second-order valence-corrected chi connectivity index (χ2v) is 5.24. The lowest BCUT2D eigenvalue weighted by molar-refractivity contribution is -0.384. The molecule has 0 saturated heterocycles. The molecule has 5 nitrogen and oxygen atoms in total. The Morgan fingerprint density at radius 2 is 2.28 bits per heavy atom. The molecule has 0 aliphatic carbocycles. The van der Waals surface area contributed by atoms with Crippen LogP contribution >= 0.6 is 23.4 Å². The monoisotopic (exact) mass is 281 g/mol. The Hall–Kier alpha value is -1.53. The molecule has 0 amide bonds. The summed E-state index contributed by atoms with van der Waals surface area (Å²) in [6.45, 7) is 0. The van der Waals surface area contributed by atoms with Gasteiger partial charge in [-0.15, -0.1) is 0 Å². The van der Waals surface area contributed by atoms with Crippen LogP contribution in [0.25, 0.3) is 5.69 Å². The van der Waals surface area contributed by atoms with E-state index in [1.165, 1.54) is 12.1 Å². The molecule has 0 fully saturated rings. The van der Waals surface area contributed by atoms with Gasteiger partial charge in [-0.2, -0.15) is 16.9 Å². The predicted molar refractivity (Wildman–Crippen MR) is 70.2 cm³/mol. The highest BCUT2D eigenvalue weighted by Crippen LogP contribution is 2.35. The number of nitrogens with zero attached hydrogens (tertiary/aromatic N) is 3. The smallest absolute Gasteiger partial charge is 0.258 e. The van der Waals surface area contributed by atoms with Gasteiger partial charge >= 0.3 is 0 Å². The minimum Gasteiger partial charge on any atom is -0.258 e. The van der Waals surface area contributed by atoms with Crippen molar-refractivity contribution in [1.82, 2.24) is 9.78 Å². The summed E-state index contributed by atoms with van der Waals surface area (Å²) in [7, 11) is 0. The van der Waals surface area contributed by atoms with Crippen molar-refractivity contribution in [2.45, 2.75) is 11.5 Å². The highest BCUT2D eigenvalue weighted by Gasteiger charge is 2.22. The number of non-ortho nitro benzene ring substituents is 1. The Morgan fingerprint density at radius 3 is 3.00 bits per heavy atom. The summed E-state index contributed by atoms with van der Waals surface area (Å²) in [5, 5.41) is 15.7. The number of benzene rings is 1. The Kier molecular flexibility index (Phi) is 2.76. The number of fused-ring (bicyclic) bond motifs is 1. The molecule has 2 heterocycles. The number of thioether (sulfide) groups is 1. The van der Waals surface area contributed by atoms with Crippen molar-refractivity contribution in [1.29, 1.82) is 0 Å². The van der Waals surface area contributed by atoms with Crippen LogP contribution in [0.3, 0.4) is 0 Å². The maximum atomic E-state index is 10.7. The minimum atomic E-state index is -0.426. The van der Waals surface area contributed by atoms with E-state index in [2.05, 4.69) is 5.10 Å². The molecule has 92 valence electrons. The molecule has 0 N–H and O–H groups in total. The Balaban J connectivity index is 2.10. The van der Waals surface area contributed by atoms with E-state index in [-0.39, 0.29) is 5.69 Å². The number of nitro groups is 1. The van der Waals surface area contributed by atoms with E-state index >= 15 is 0 Å². The Labute approximate surface area is 112 Å². The van der Waals surface area contributed by atoms with Crippen LogP contribution in [-0.2, 0) is 11.5 Å². The zero-order valence-corrected chi connectivity index (χ0v) is 10.7. The largest absolute Gasteiger partial charge is 0.271 e. The molecular formula is C11H8ClN3O2S. The van der Waals surface area contributed by atoms with E-state index in [4.69, 9.17) is 11.6 Å². The van der Waals surface area contributed by atoms with E-state index in [1.54, 1.807) is 28.6 Å². The molecule has 0 spiro atoms. The SMILES string of the molecule is O=[N+]([O-])c1cccc(-n2nc3c(c2Cl)CSC3)c1. The van der Waals surface area contributed by atoms with Gasteiger partial charge in [-0.3, -0.25) is 10.1 Å². The van der Waals surface area contributed by atoms with Crippen LogP contribution in [-0.4, -0.2) is 14.7 Å². The third-order valence-electron chi connectivity index (χ3n) is 2.77. The first kappa shape index (κ1) is 11.6. The lowest BCUT2D eigenvalue weighted by Gasteiger charge is -2.03. The van der Waals surface area contributed by atoms with E-state index in [1.807, 2.05) is 0 Å². The first-order valence-electron chi connectivity index (χ1n) is 5.25. The van der Waals surface area contributed by atoms with Crippen LogP contribution in [0, 0.1) is 10.1 Å². The standard InChI is InChI=1S/C11H8ClN3O2S/c12-11-9-5-18-6-10(9)13-14(11)7-2-1-3-8(4-7)15(16)17/h1-4H,5-6H2. The zero-order valence-electron chi connectivity index (χ0n) is 9.17. The van der Waals surface area contributed by atoms with Crippen molar-refractivity contribution < 1.29 is 4.92 Å². The van der Waals surface area contributed by atoms with E-state index in [0.29, 0.717) is 10.8 Å². The summed E-state index contributed by atoms with van der Waals surface area (Å²) in [6, 6.07) is 6.31. The Bertz CT molecular complexity index is 641. The molecule has 0 atom stereocenters. The highest BCUT2D eigenvalue weighted by atomic mass is 35.5. The summed E-state index contributed by atoms with van der Waals surface area (Å²) in [6.07, 6.45) is 0. The van der Waals surface area contributed by atoms with Crippen LogP contribution in [0.5, 0.6) is 0 Å².